The Bertz CT molecular complexity index is 6.00. The summed E-state index contributed by atoms with van der Waals surface area (Å²) < 4.78 is 0. The van der Waals surface area contributed by atoms with Gasteiger partial charge in [0.1, 0.15) is 0 Å². The zero-order valence-electron chi connectivity index (χ0n) is 2.17. The minimum atomic E-state index is 1.05. The lowest BCUT2D eigenvalue weighted by atomic mass is 12.0. The van der Waals surface area contributed by atoms with E-state index in [2.05, 4.69) is 31.9 Å². The molecule has 0 nitrogen and oxygen atoms in total. The Hall–Kier alpha value is 0.960. The maximum absolute atomic E-state index is 3.20. The highest BCUT2D eigenvalue weighted by Gasteiger charge is 1.60. The van der Waals surface area contributed by atoms with Crippen LogP contribution in [0.25, 0.3) is 0 Å². The molecule has 2 heteroatoms. The molecule has 0 aliphatic rings. The SMILES string of the molecule is Br[13CH2][13CH2]Br. The largest absolute Gasteiger partial charge is 0.0919 e. The highest BCUT2D eigenvalue weighted by Crippen LogP contribution is 1.82. The monoisotopic (exact) mass is 188 g/mol. The van der Waals surface area contributed by atoms with E-state index in [1.54, 1.807) is 0 Å². The smallest absolute Gasteiger partial charge is 0.0129 e. The van der Waals surface area contributed by atoms with Crippen molar-refractivity contribution in [2.75, 3.05) is 10.7 Å². The standard InChI is InChI=1S/C2H4Br2/c3-1-2-4/h1-2H2/i1+1,2+1. The zero-order valence-corrected chi connectivity index (χ0v) is 5.34. The fraction of sp³-hybridized carbons (Fsp3) is 1.00. The lowest BCUT2D eigenvalue weighted by Gasteiger charge is -1.63. The normalized spacial score (nSPS) is 7.50. The first-order chi connectivity index (χ1) is 1.91. The molecule has 0 N–H and O–H groups in total. The predicted molar refractivity (Wildman–Crippen MR) is 27.6 cm³/mol. The molecule has 0 saturated heterocycles. The zero-order chi connectivity index (χ0) is 3.41. The molecule has 0 spiro atoms. The third-order valence-electron chi connectivity index (χ3n) is 0.0714. The van der Waals surface area contributed by atoms with E-state index in [1.165, 1.54) is 0 Å². The highest BCUT2D eigenvalue weighted by molar-refractivity contribution is 9.11. The summed E-state index contributed by atoms with van der Waals surface area (Å²) in [6.07, 6.45) is 0. The molecule has 0 bridgehead atoms. The van der Waals surface area contributed by atoms with Gasteiger partial charge in [0.2, 0.25) is 0 Å². The fourth-order valence-electron chi connectivity index (χ4n) is 0. The van der Waals surface area contributed by atoms with Crippen LogP contribution >= 0.6 is 31.9 Å². The number of halogens is 2. The van der Waals surface area contributed by atoms with Crippen molar-refractivity contribution < 1.29 is 0 Å². The molecule has 0 aliphatic carbocycles. The van der Waals surface area contributed by atoms with E-state index in [9.17, 15) is 0 Å². The molecule has 0 atom stereocenters. The van der Waals surface area contributed by atoms with Gasteiger partial charge < -0.3 is 0 Å². The summed E-state index contributed by atoms with van der Waals surface area (Å²) in [7, 11) is 0. The molecule has 0 aliphatic heterocycles. The van der Waals surface area contributed by atoms with Crippen LogP contribution < -0.4 is 0 Å². The summed E-state index contributed by atoms with van der Waals surface area (Å²) >= 11 is 6.40. The van der Waals surface area contributed by atoms with Gasteiger partial charge in [0.25, 0.3) is 0 Å². The van der Waals surface area contributed by atoms with E-state index in [0.717, 1.165) is 10.7 Å². The van der Waals surface area contributed by atoms with Gasteiger partial charge in [-0.05, 0) is 0 Å². The third-order valence-corrected chi connectivity index (χ3v) is 1.93. The Kier molecular flexibility index (Phi) is 4.91. The first-order valence-electron chi connectivity index (χ1n) is 1.03. The van der Waals surface area contributed by atoms with Crippen LogP contribution in [0.4, 0.5) is 0 Å². The summed E-state index contributed by atoms with van der Waals surface area (Å²) in [6.45, 7) is 0. The molecule has 0 aromatic rings. The van der Waals surface area contributed by atoms with Crippen LogP contribution in [0.2, 0.25) is 0 Å². The second-order valence-electron chi connectivity index (χ2n) is 0.378. The van der Waals surface area contributed by atoms with Gasteiger partial charge in [0.05, 0.1) is 0 Å². The topological polar surface area (TPSA) is 0 Å². The van der Waals surface area contributed by atoms with Crippen molar-refractivity contribution >= 4 is 31.9 Å². The summed E-state index contributed by atoms with van der Waals surface area (Å²) in [5, 5.41) is 2.10. The molecule has 4 heavy (non-hydrogen) atoms. The first kappa shape index (κ1) is 4.96. The van der Waals surface area contributed by atoms with Crippen molar-refractivity contribution in [3.8, 4) is 0 Å². The van der Waals surface area contributed by atoms with E-state index < -0.39 is 0 Å². The number of hydrogen-bond acceptors (Lipinski definition) is 0. The lowest BCUT2D eigenvalue weighted by molar-refractivity contribution is 1.62. The van der Waals surface area contributed by atoms with E-state index in [1.807, 2.05) is 0 Å². The minimum absolute atomic E-state index is 1.05. The molecule has 26 valence electrons. The van der Waals surface area contributed by atoms with Gasteiger partial charge in [-0.1, -0.05) is 31.9 Å². The van der Waals surface area contributed by atoms with Gasteiger partial charge >= 0.3 is 0 Å². The van der Waals surface area contributed by atoms with Crippen LogP contribution in [0.5, 0.6) is 0 Å². The Morgan fingerprint density at radius 3 is 1.25 bits per heavy atom. The second-order valence-corrected chi connectivity index (χ2v) is 1.96. The average molecular weight is 190 g/mol. The van der Waals surface area contributed by atoms with Crippen molar-refractivity contribution in [1.29, 1.82) is 0 Å². The fourth-order valence-corrected chi connectivity index (χ4v) is 0. The van der Waals surface area contributed by atoms with E-state index in [0.29, 0.717) is 0 Å². The number of alkyl halides is 2. The maximum atomic E-state index is 3.20. The van der Waals surface area contributed by atoms with Crippen LogP contribution in [-0.2, 0) is 0 Å². The summed E-state index contributed by atoms with van der Waals surface area (Å²) in [5.41, 5.74) is 0. The van der Waals surface area contributed by atoms with Crippen molar-refractivity contribution in [1.82, 2.24) is 0 Å². The summed E-state index contributed by atoms with van der Waals surface area (Å²) in [6, 6.07) is 0. The van der Waals surface area contributed by atoms with E-state index >= 15 is 0 Å². The Labute approximate surface area is 42.8 Å². The first-order valence-corrected chi connectivity index (χ1v) is 3.28. The van der Waals surface area contributed by atoms with Crippen LogP contribution in [0, 0.1) is 0 Å². The molecule has 0 aromatic heterocycles. The second kappa shape index (κ2) is 3.96. The lowest BCUT2D eigenvalue weighted by Crippen LogP contribution is -1.61. The molecule has 0 rings (SSSR count). The molecule has 0 fully saturated rings. The number of rotatable bonds is 1. The van der Waals surface area contributed by atoms with Gasteiger partial charge in [-0.15, -0.1) is 0 Å². The van der Waals surface area contributed by atoms with E-state index in [4.69, 9.17) is 0 Å². The Morgan fingerprint density at radius 1 is 1.00 bits per heavy atom. The highest BCUT2D eigenvalue weighted by atomic mass is 79.9. The number of hydrogen-bond donors (Lipinski definition) is 0. The maximum Gasteiger partial charge on any atom is 0.0129 e. The van der Waals surface area contributed by atoms with Crippen molar-refractivity contribution in [2.45, 2.75) is 0 Å². The summed E-state index contributed by atoms with van der Waals surface area (Å²) in [5.74, 6) is 0. The van der Waals surface area contributed by atoms with Crippen LogP contribution in [0.15, 0.2) is 0 Å². The van der Waals surface area contributed by atoms with Gasteiger partial charge in [-0.3, -0.25) is 0 Å². The molecule has 0 aromatic carbocycles. The van der Waals surface area contributed by atoms with Crippen LogP contribution in [0.3, 0.4) is 0 Å². The van der Waals surface area contributed by atoms with Gasteiger partial charge in [-0.25, -0.2) is 0 Å². The quantitative estimate of drug-likeness (QED) is 0.436. The van der Waals surface area contributed by atoms with Crippen molar-refractivity contribution in [2.24, 2.45) is 0 Å². The molecule has 0 unspecified atom stereocenters. The van der Waals surface area contributed by atoms with Crippen molar-refractivity contribution in [3.63, 3.8) is 0 Å². The van der Waals surface area contributed by atoms with Crippen LogP contribution in [0.1, 0.15) is 0 Å². The Morgan fingerprint density at radius 2 is 1.25 bits per heavy atom. The average Bonchev–Trinajstić information content (AvgIpc) is 1.37. The minimum Gasteiger partial charge on any atom is -0.0919 e. The third kappa shape index (κ3) is 2.96. The summed E-state index contributed by atoms with van der Waals surface area (Å²) in [4.78, 5) is 0. The van der Waals surface area contributed by atoms with E-state index in [-0.39, 0.29) is 0 Å². The van der Waals surface area contributed by atoms with Gasteiger partial charge in [0.15, 0.2) is 0 Å². The molecule has 0 radical (unpaired) electrons. The van der Waals surface area contributed by atoms with Gasteiger partial charge in [0, 0.05) is 10.7 Å². The Balaban J connectivity index is 1.97. The van der Waals surface area contributed by atoms with Crippen molar-refractivity contribution in [3.05, 3.63) is 0 Å². The molecular formula is C2H4Br2. The van der Waals surface area contributed by atoms with Gasteiger partial charge in [-0.2, -0.15) is 0 Å². The predicted octanol–water partition coefficient (Wildman–Crippen LogP) is 1.78. The molecular weight excluding hydrogens is 186 g/mol. The van der Waals surface area contributed by atoms with Crippen LogP contribution in [-0.4, -0.2) is 10.7 Å². The molecule has 0 amide bonds. The molecule has 0 saturated carbocycles. The molecule has 0 heterocycles.